The molecule has 4 rings (SSSR count). The first kappa shape index (κ1) is 20.0. The van der Waals surface area contributed by atoms with Crippen LogP contribution in [0.1, 0.15) is 5.56 Å². The fraction of sp³-hybridized carbons (Fsp3) is 0. The van der Waals surface area contributed by atoms with Gasteiger partial charge in [0.1, 0.15) is 0 Å². The van der Waals surface area contributed by atoms with Gasteiger partial charge in [0, 0.05) is 29.3 Å². The molecule has 0 unspecified atom stereocenters. The van der Waals surface area contributed by atoms with E-state index in [0.29, 0.717) is 21.7 Å². The van der Waals surface area contributed by atoms with Crippen molar-refractivity contribution in [2.75, 3.05) is 0 Å². The van der Waals surface area contributed by atoms with Crippen LogP contribution in [0.15, 0.2) is 82.5 Å². The second kappa shape index (κ2) is 8.59. The molecule has 0 amide bonds. The number of nitro benzene ring substituents is 1. The zero-order valence-electron chi connectivity index (χ0n) is 15.9. The van der Waals surface area contributed by atoms with Crippen molar-refractivity contribution < 1.29 is 15.1 Å². The number of phenolic OH excluding ortho intramolecular Hbond substituents is 2. The fourth-order valence-electron chi connectivity index (χ4n) is 2.72. The molecule has 154 valence electrons. The number of thiazole rings is 1. The van der Waals surface area contributed by atoms with Crippen LogP contribution in [0.4, 0.5) is 11.4 Å². The van der Waals surface area contributed by atoms with E-state index in [2.05, 4.69) is 15.1 Å². The first-order valence-corrected chi connectivity index (χ1v) is 9.86. The average molecular weight is 433 g/mol. The molecule has 2 aromatic carbocycles. The van der Waals surface area contributed by atoms with Crippen molar-refractivity contribution in [3.05, 3.63) is 92.9 Å². The van der Waals surface area contributed by atoms with Crippen molar-refractivity contribution in [1.82, 2.24) is 9.66 Å². The van der Waals surface area contributed by atoms with Crippen molar-refractivity contribution in [3.63, 3.8) is 0 Å². The van der Waals surface area contributed by atoms with E-state index in [1.165, 1.54) is 41.8 Å². The van der Waals surface area contributed by atoms with E-state index < -0.39 is 4.92 Å². The Morgan fingerprint density at radius 3 is 2.58 bits per heavy atom. The van der Waals surface area contributed by atoms with Gasteiger partial charge in [-0.2, -0.15) is 5.10 Å². The minimum absolute atomic E-state index is 0.00568. The monoisotopic (exact) mass is 433 g/mol. The van der Waals surface area contributed by atoms with Gasteiger partial charge in [-0.15, -0.1) is 11.3 Å². The lowest BCUT2D eigenvalue weighted by molar-refractivity contribution is -0.384. The predicted molar refractivity (Wildman–Crippen MR) is 117 cm³/mol. The van der Waals surface area contributed by atoms with Crippen LogP contribution in [0.25, 0.3) is 11.3 Å². The molecule has 0 aliphatic rings. The fourth-order valence-corrected chi connectivity index (χ4v) is 3.57. The maximum Gasteiger partial charge on any atom is 0.269 e. The number of hydrogen-bond acceptors (Lipinski definition) is 8. The summed E-state index contributed by atoms with van der Waals surface area (Å²) in [6.07, 6.45) is 4.79. The van der Waals surface area contributed by atoms with Crippen LogP contribution in [0.3, 0.4) is 0 Å². The van der Waals surface area contributed by atoms with Gasteiger partial charge in [-0.3, -0.25) is 15.1 Å². The van der Waals surface area contributed by atoms with Gasteiger partial charge in [-0.05, 0) is 48.0 Å². The van der Waals surface area contributed by atoms with E-state index in [9.17, 15) is 20.3 Å². The summed E-state index contributed by atoms with van der Waals surface area (Å²) < 4.78 is 1.60. The summed E-state index contributed by atoms with van der Waals surface area (Å²) in [6.45, 7) is 0. The molecule has 2 N–H and O–H groups in total. The van der Waals surface area contributed by atoms with E-state index in [1.807, 2.05) is 11.4 Å². The highest BCUT2D eigenvalue weighted by Crippen LogP contribution is 2.25. The Morgan fingerprint density at radius 1 is 1.10 bits per heavy atom. The van der Waals surface area contributed by atoms with Crippen LogP contribution in [0, 0.1) is 10.1 Å². The van der Waals surface area contributed by atoms with Gasteiger partial charge in [0.25, 0.3) is 5.69 Å². The molecule has 2 aromatic heterocycles. The summed E-state index contributed by atoms with van der Waals surface area (Å²) in [6, 6.07) is 14.1. The van der Waals surface area contributed by atoms with Crippen LogP contribution in [-0.4, -0.2) is 31.0 Å². The van der Waals surface area contributed by atoms with E-state index >= 15 is 0 Å². The molecule has 0 aliphatic carbocycles. The average Bonchev–Trinajstić information content (AvgIpc) is 3.17. The topological polar surface area (TPSA) is 126 Å². The van der Waals surface area contributed by atoms with Gasteiger partial charge in [-0.1, -0.05) is 0 Å². The Morgan fingerprint density at radius 2 is 1.90 bits per heavy atom. The maximum absolute atomic E-state index is 11.0. The van der Waals surface area contributed by atoms with Crippen LogP contribution in [-0.2, 0) is 0 Å². The molecule has 0 aliphatic heterocycles. The lowest BCUT2D eigenvalue weighted by atomic mass is 10.1. The zero-order chi connectivity index (χ0) is 21.8. The Labute approximate surface area is 179 Å². The molecule has 2 heterocycles. The molecule has 4 aromatic rings. The Bertz CT molecular complexity index is 1330. The third-order valence-corrected chi connectivity index (χ3v) is 5.07. The standard InChI is InChI=1S/C21H15N5O4S/c27-19-8-3-14(10-20(19)28)11-23-25-18(15-4-6-17(7-5-15)26(29)30)13-31-21(25)24-16-2-1-9-22-12-16/h1-13,27-28H. The van der Waals surface area contributed by atoms with E-state index in [1.54, 1.807) is 41.3 Å². The van der Waals surface area contributed by atoms with Crippen LogP contribution >= 0.6 is 11.3 Å². The SMILES string of the molecule is O=[N+]([O-])c1ccc(-c2csc(=Nc3cccnc3)n2N=Cc2ccc(O)c(O)c2)cc1. The first-order valence-electron chi connectivity index (χ1n) is 8.98. The highest BCUT2D eigenvalue weighted by atomic mass is 32.1. The molecular weight excluding hydrogens is 418 g/mol. The van der Waals surface area contributed by atoms with Gasteiger partial charge in [-0.25, -0.2) is 9.67 Å². The molecule has 0 radical (unpaired) electrons. The quantitative estimate of drug-likeness (QED) is 0.213. The van der Waals surface area contributed by atoms with Crippen LogP contribution < -0.4 is 4.80 Å². The number of non-ortho nitro benzene ring substituents is 1. The molecule has 0 bridgehead atoms. The number of aromatic hydroxyl groups is 2. The van der Waals surface area contributed by atoms with E-state index in [4.69, 9.17) is 0 Å². The second-order valence-electron chi connectivity index (χ2n) is 6.34. The molecule has 10 heteroatoms. The second-order valence-corrected chi connectivity index (χ2v) is 7.17. The number of nitrogens with zero attached hydrogens (tertiary/aromatic N) is 5. The lowest BCUT2D eigenvalue weighted by Crippen LogP contribution is -2.11. The summed E-state index contributed by atoms with van der Waals surface area (Å²) >= 11 is 1.35. The van der Waals surface area contributed by atoms with Gasteiger partial charge < -0.3 is 10.2 Å². The number of rotatable bonds is 5. The minimum atomic E-state index is -0.454. The van der Waals surface area contributed by atoms with Crippen molar-refractivity contribution in [2.45, 2.75) is 0 Å². The molecule has 0 fully saturated rings. The van der Waals surface area contributed by atoms with E-state index in [0.717, 1.165) is 5.56 Å². The van der Waals surface area contributed by atoms with Crippen molar-refractivity contribution in [1.29, 1.82) is 0 Å². The van der Waals surface area contributed by atoms with Crippen molar-refractivity contribution in [2.24, 2.45) is 10.1 Å². The molecule has 0 saturated heterocycles. The number of pyridine rings is 1. The van der Waals surface area contributed by atoms with Crippen molar-refractivity contribution >= 4 is 28.9 Å². The highest BCUT2D eigenvalue weighted by molar-refractivity contribution is 7.07. The minimum Gasteiger partial charge on any atom is -0.504 e. The third-order valence-electron chi connectivity index (χ3n) is 4.25. The maximum atomic E-state index is 11.0. The van der Waals surface area contributed by atoms with Crippen molar-refractivity contribution in [3.8, 4) is 22.8 Å². The van der Waals surface area contributed by atoms with Gasteiger partial charge >= 0.3 is 0 Å². The molecule has 0 spiro atoms. The van der Waals surface area contributed by atoms with Crippen LogP contribution in [0.2, 0.25) is 0 Å². The third kappa shape index (κ3) is 4.49. The van der Waals surface area contributed by atoms with Gasteiger partial charge in [0.2, 0.25) is 4.80 Å². The zero-order valence-corrected chi connectivity index (χ0v) is 16.7. The summed E-state index contributed by atoms with van der Waals surface area (Å²) in [5.41, 5.74) is 2.61. The molecule has 0 saturated carbocycles. The number of nitro groups is 1. The highest BCUT2D eigenvalue weighted by Gasteiger charge is 2.11. The Kier molecular flexibility index (Phi) is 5.54. The number of hydrogen-bond donors (Lipinski definition) is 2. The summed E-state index contributed by atoms with van der Waals surface area (Å²) in [5, 5.41) is 36.5. The van der Waals surface area contributed by atoms with Gasteiger partial charge in [0.15, 0.2) is 11.5 Å². The smallest absolute Gasteiger partial charge is 0.269 e. The molecule has 0 atom stereocenters. The number of aromatic nitrogens is 2. The Balaban J connectivity index is 1.82. The summed E-state index contributed by atoms with van der Waals surface area (Å²) in [5.74, 6) is -0.477. The summed E-state index contributed by atoms with van der Waals surface area (Å²) in [4.78, 5) is 19.7. The predicted octanol–water partition coefficient (Wildman–Crippen LogP) is 4.05. The summed E-state index contributed by atoms with van der Waals surface area (Å²) in [7, 11) is 0. The normalized spacial score (nSPS) is 11.8. The molecule has 31 heavy (non-hydrogen) atoms. The molecular formula is C21H15N5O4S. The molecule has 9 nitrogen and oxygen atoms in total. The number of benzene rings is 2. The first-order chi connectivity index (χ1) is 15.0. The largest absolute Gasteiger partial charge is 0.504 e. The lowest BCUT2D eigenvalue weighted by Gasteiger charge is -2.04. The van der Waals surface area contributed by atoms with E-state index in [-0.39, 0.29) is 17.2 Å². The van der Waals surface area contributed by atoms with Crippen LogP contribution in [0.5, 0.6) is 11.5 Å². The number of phenols is 2. The van der Waals surface area contributed by atoms with Gasteiger partial charge in [0.05, 0.1) is 28.7 Å². The Hall–Kier alpha value is -4.31.